The third kappa shape index (κ3) is 8.63. The third-order valence-corrected chi connectivity index (χ3v) is 2.94. The predicted molar refractivity (Wildman–Crippen MR) is 61.8 cm³/mol. The molecule has 0 saturated carbocycles. The van der Waals surface area contributed by atoms with Crippen LogP contribution < -0.4 is 11.1 Å². The Bertz CT molecular complexity index is 303. The summed E-state index contributed by atoms with van der Waals surface area (Å²) < 4.78 is 26.5. The number of rotatable bonds is 8. The van der Waals surface area contributed by atoms with E-state index in [1.165, 1.54) is 0 Å². The number of nitrogens with one attached hydrogen (secondary N) is 1. The molecule has 0 saturated heterocycles. The SMILES string of the molecule is COCCCNC(=O)C(N)CCS(C)(=O)=O. The molecule has 0 spiro atoms. The molecule has 1 unspecified atom stereocenters. The van der Waals surface area contributed by atoms with E-state index in [1.807, 2.05) is 0 Å². The second-order valence-corrected chi connectivity index (χ2v) is 5.92. The number of carbonyl (C=O) groups excluding carboxylic acids is 1. The topological polar surface area (TPSA) is 98.5 Å². The van der Waals surface area contributed by atoms with Crippen LogP contribution in [0.2, 0.25) is 0 Å². The molecule has 0 aliphatic rings. The first kappa shape index (κ1) is 15.3. The summed E-state index contributed by atoms with van der Waals surface area (Å²) in [5, 5.41) is 2.61. The van der Waals surface area contributed by atoms with E-state index in [9.17, 15) is 13.2 Å². The number of nitrogens with two attached hydrogens (primary N) is 1. The first-order chi connectivity index (χ1) is 7.37. The van der Waals surface area contributed by atoms with Crippen molar-refractivity contribution >= 4 is 15.7 Å². The monoisotopic (exact) mass is 252 g/mol. The first-order valence-electron chi connectivity index (χ1n) is 5.07. The van der Waals surface area contributed by atoms with Gasteiger partial charge in [0.1, 0.15) is 9.84 Å². The van der Waals surface area contributed by atoms with Crippen molar-refractivity contribution in [3.8, 4) is 0 Å². The molecule has 0 radical (unpaired) electrons. The summed E-state index contributed by atoms with van der Waals surface area (Å²) in [5.74, 6) is -0.389. The minimum Gasteiger partial charge on any atom is -0.385 e. The van der Waals surface area contributed by atoms with Gasteiger partial charge in [0.05, 0.1) is 11.8 Å². The highest BCUT2D eigenvalue weighted by molar-refractivity contribution is 7.90. The minimum absolute atomic E-state index is 0.0698. The molecular weight excluding hydrogens is 232 g/mol. The van der Waals surface area contributed by atoms with Crippen molar-refractivity contribution in [1.82, 2.24) is 5.32 Å². The van der Waals surface area contributed by atoms with Crippen molar-refractivity contribution in [2.24, 2.45) is 5.73 Å². The Kier molecular flexibility index (Phi) is 7.27. The molecular formula is C9H20N2O4S. The Balaban J connectivity index is 3.74. The largest absolute Gasteiger partial charge is 0.385 e. The summed E-state index contributed by atoms with van der Waals surface area (Å²) in [6, 6.07) is -0.766. The Labute approximate surface area is 96.4 Å². The van der Waals surface area contributed by atoms with E-state index in [0.717, 1.165) is 6.26 Å². The van der Waals surface area contributed by atoms with Crippen molar-refractivity contribution in [3.05, 3.63) is 0 Å². The highest BCUT2D eigenvalue weighted by Crippen LogP contribution is 1.94. The van der Waals surface area contributed by atoms with Crippen LogP contribution in [0.4, 0.5) is 0 Å². The molecule has 0 aromatic carbocycles. The normalized spacial score (nSPS) is 13.4. The smallest absolute Gasteiger partial charge is 0.236 e. The van der Waals surface area contributed by atoms with Crippen molar-refractivity contribution in [1.29, 1.82) is 0 Å². The van der Waals surface area contributed by atoms with Gasteiger partial charge in [-0.05, 0) is 12.8 Å². The maximum atomic E-state index is 11.4. The molecule has 1 atom stereocenters. The summed E-state index contributed by atoms with van der Waals surface area (Å²) >= 11 is 0. The molecule has 0 aliphatic carbocycles. The van der Waals surface area contributed by atoms with Gasteiger partial charge in [-0.15, -0.1) is 0 Å². The van der Waals surface area contributed by atoms with Gasteiger partial charge in [-0.25, -0.2) is 8.42 Å². The van der Waals surface area contributed by atoms with Crippen LogP contribution in [-0.4, -0.2) is 52.6 Å². The van der Waals surface area contributed by atoms with E-state index in [1.54, 1.807) is 7.11 Å². The van der Waals surface area contributed by atoms with Gasteiger partial charge in [-0.3, -0.25) is 4.79 Å². The summed E-state index contributed by atoms with van der Waals surface area (Å²) in [5.41, 5.74) is 5.53. The van der Waals surface area contributed by atoms with Gasteiger partial charge in [-0.1, -0.05) is 0 Å². The number of hydrogen-bond acceptors (Lipinski definition) is 5. The lowest BCUT2D eigenvalue weighted by Gasteiger charge is -2.11. The van der Waals surface area contributed by atoms with Crippen LogP contribution in [0, 0.1) is 0 Å². The Hall–Kier alpha value is -0.660. The molecule has 1 amide bonds. The summed E-state index contributed by atoms with van der Waals surface area (Å²) in [6.45, 7) is 1.05. The first-order valence-corrected chi connectivity index (χ1v) is 7.13. The molecule has 0 aliphatic heterocycles. The van der Waals surface area contributed by atoms with Gasteiger partial charge in [-0.2, -0.15) is 0 Å². The molecule has 0 heterocycles. The van der Waals surface area contributed by atoms with E-state index >= 15 is 0 Å². The van der Waals surface area contributed by atoms with Crippen LogP contribution >= 0.6 is 0 Å². The summed E-state index contributed by atoms with van der Waals surface area (Å²) in [6.07, 6.45) is 1.98. The van der Waals surface area contributed by atoms with Crippen LogP contribution in [0.1, 0.15) is 12.8 Å². The maximum absolute atomic E-state index is 11.4. The lowest BCUT2D eigenvalue weighted by Crippen LogP contribution is -2.42. The van der Waals surface area contributed by atoms with Gasteiger partial charge in [0.2, 0.25) is 5.91 Å². The van der Waals surface area contributed by atoms with Gasteiger partial charge < -0.3 is 15.8 Å². The summed E-state index contributed by atoms with van der Waals surface area (Å²) in [7, 11) is -1.48. The summed E-state index contributed by atoms with van der Waals surface area (Å²) in [4.78, 5) is 11.4. The van der Waals surface area contributed by atoms with E-state index in [2.05, 4.69) is 5.32 Å². The fraction of sp³-hybridized carbons (Fsp3) is 0.889. The van der Waals surface area contributed by atoms with E-state index in [4.69, 9.17) is 10.5 Å². The Morgan fingerprint density at radius 1 is 1.50 bits per heavy atom. The molecule has 6 nitrogen and oxygen atoms in total. The molecule has 0 fully saturated rings. The van der Waals surface area contributed by atoms with E-state index < -0.39 is 15.9 Å². The van der Waals surface area contributed by atoms with Crippen LogP contribution in [0.25, 0.3) is 0 Å². The zero-order valence-corrected chi connectivity index (χ0v) is 10.5. The Morgan fingerprint density at radius 3 is 2.62 bits per heavy atom. The van der Waals surface area contributed by atoms with Crippen LogP contribution in [0.5, 0.6) is 0 Å². The van der Waals surface area contributed by atoms with E-state index in [0.29, 0.717) is 19.6 Å². The lowest BCUT2D eigenvalue weighted by atomic mass is 10.2. The van der Waals surface area contributed by atoms with Crippen molar-refractivity contribution in [2.75, 3.05) is 32.3 Å². The zero-order valence-electron chi connectivity index (χ0n) is 9.73. The minimum atomic E-state index is -3.06. The van der Waals surface area contributed by atoms with Gasteiger partial charge >= 0.3 is 0 Å². The van der Waals surface area contributed by atoms with Crippen molar-refractivity contribution in [2.45, 2.75) is 18.9 Å². The molecule has 0 rings (SSSR count). The zero-order chi connectivity index (χ0) is 12.6. The molecule has 16 heavy (non-hydrogen) atoms. The average molecular weight is 252 g/mol. The average Bonchev–Trinajstić information content (AvgIpc) is 2.19. The van der Waals surface area contributed by atoms with Crippen LogP contribution in [-0.2, 0) is 19.4 Å². The predicted octanol–water partition coefficient (Wildman–Crippen LogP) is -1.10. The fourth-order valence-electron chi connectivity index (χ4n) is 1.03. The quantitative estimate of drug-likeness (QED) is 0.534. The van der Waals surface area contributed by atoms with Crippen LogP contribution in [0.15, 0.2) is 0 Å². The van der Waals surface area contributed by atoms with Gasteiger partial charge in [0.15, 0.2) is 0 Å². The standard InChI is InChI=1S/C9H20N2O4S/c1-15-6-3-5-11-9(12)8(10)4-7-16(2,13)14/h8H,3-7,10H2,1-2H3,(H,11,12). The third-order valence-electron chi connectivity index (χ3n) is 1.96. The second-order valence-electron chi connectivity index (χ2n) is 3.66. The molecule has 0 aromatic heterocycles. The molecule has 7 heteroatoms. The van der Waals surface area contributed by atoms with Crippen molar-refractivity contribution in [3.63, 3.8) is 0 Å². The number of carbonyl (C=O) groups is 1. The molecule has 0 bridgehead atoms. The highest BCUT2D eigenvalue weighted by Gasteiger charge is 2.15. The van der Waals surface area contributed by atoms with Crippen LogP contribution in [0.3, 0.4) is 0 Å². The van der Waals surface area contributed by atoms with Gasteiger partial charge in [0.25, 0.3) is 0 Å². The second kappa shape index (κ2) is 7.59. The number of ether oxygens (including phenoxy) is 1. The van der Waals surface area contributed by atoms with Crippen molar-refractivity contribution < 1.29 is 17.9 Å². The Morgan fingerprint density at radius 2 is 2.12 bits per heavy atom. The fourth-order valence-corrected chi connectivity index (χ4v) is 1.71. The molecule has 3 N–H and O–H groups in total. The number of methoxy groups -OCH3 is 1. The number of amides is 1. The number of sulfone groups is 1. The maximum Gasteiger partial charge on any atom is 0.236 e. The highest BCUT2D eigenvalue weighted by atomic mass is 32.2. The number of hydrogen-bond donors (Lipinski definition) is 2. The van der Waals surface area contributed by atoms with E-state index in [-0.39, 0.29) is 18.1 Å². The lowest BCUT2D eigenvalue weighted by molar-refractivity contribution is -0.122. The molecule has 96 valence electrons. The molecule has 0 aromatic rings. The van der Waals surface area contributed by atoms with Gasteiger partial charge in [0, 0.05) is 26.5 Å².